The first-order valence-electron chi connectivity index (χ1n) is 8.08. The molecule has 1 aromatic heterocycles. The molecule has 0 aliphatic carbocycles. The number of hydrogen-bond acceptors (Lipinski definition) is 6. The van der Waals surface area contributed by atoms with E-state index in [9.17, 15) is 4.79 Å². The zero-order valence-corrected chi connectivity index (χ0v) is 14.1. The van der Waals surface area contributed by atoms with Gasteiger partial charge in [-0.2, -0.15) is 4.98 Å². The minimum absolute atomic E-state index is 0.200. The van der Waals surface area contributed by atoms with Crippen LogP contribution in [0.15, 0.2) is 12.3 Å². The maximum absolute atomic E-state index is 12.1. The SMILES string of the molecule is CC(C)(C)OC(=O)N1CC2(CCN(c3ccnc(N)n3)CC2)C1. The monoisotopic (exact) mass is 319 g/mol. The lowest BCUT2D eigenvalue weighted by Crippen LogP contribution is -2.62. The van der Waals surface area contributed by atoms with Gasteiger partial charge in [-0.3, -0.25) is 0 Å². The molecule has 126 valence electrons. The predicted molar refractivity (Wildman–Crippen MR) is 88.1 cm³/mol. The molecule has 2 fully saturated rings. The second kappa shape index (κ2) is 5.54. The van der Waals surface area contributed by atoms with E-state index >= 15 is 0 Å². The summed E-state index contributed by atoms with van der Waals surface area (Å²) in [6.07, 6.45) is 3.59. The predicted octanol–water partition coefficient (Wildman–Crippen LogP) is 1.90. The number of hydrogen-bond donors (Lipinski definition) is 1. The minimum Gasteiger partial charge on any atom is -0.444 e. The first-order valence-corrected chi connectivity index (χ1v) is 8.08. The van der Waals surface area contributed by atoms with Gasteiger partial charge in [0.05, 0.1) is 0 Å². The molecule has 0 unspecified atom stereocenters. The topological polar surface area (TPSA) is 84.6 Å². The highest BCUT2D eigenvalue weighted by molar-refractivity contribution is 5.69. The van der Waals surface area contributed by atoms with Crippen molar-refractivity contribution in [1.82, 2.24) is 14.9 Å². The van der Waals surface area contributed by atoms with Crippen molar-refractivity contribution in [1.29, 1.82) is 0 Å². The Morgan fingerprint density at radius 1 is 1.30 bits per heavy atom. The summed E-state index contributed by atoms with van der Waals surface area (Å²) in [6, 6.07) is 1.89. The second-order valence-corrected chi connectivity index (χ2v) is 7.60. The maximum atomic E-state index is 12.1. The van der Waals surface area contributed by atoms with Crippen molar-refractivity contribution in [3.63, 3.8) is 0 Å². The highest BCUT2D eigenvalue weighted by Crippen LogP contribution is 2.41. The summed E-state index contributed by atoms with van der Waals surface area (Å²) in [6.45, 7) is 9.13. The van der Waals surface area contributed by atoms with Crippen LogP contribution in [-0.4, -0.2) is 52.7 Å². The molecule has 2 N–H and O–H groups in total. The van der Waals surface area contributed by atoms with Gasteiger partial charge in [-0.15, -0.1) is 0 Å². The largest absolute Gasteiger partial charge is 0.444 e. The fourth-order valence-corrected chi connectivity index (χ4v) is 3.29. The van der Waals surface area contributed by atoms with Gasteiger partial charge in [-0.25, -0.2) is 9.78 Å². The first-order chi connectivity index (χ1) is 10.8. The van der Waals surface area contributed by atoms with Crippen LogP contribution in [-0.2, 0) is 4.74 Å². The quantitative estimate of drug-likeness (QED) is 0.851. The van der Waals surface area contributed by atoms with Crippen molar-refractivity contribution in [3.8, 4) is 0 Å². The van der Waals surface area contributed by atoms with E-state index in [4.69, 9.17) is 10.5 Å². The fraction of sp³-hybridized carbons (Fsp3) is 0.688. The van der Waals surface area contributed by atoms with Crippen molar-refractivity contribution in [2.75, 3.05) is 36.8 Å². The molecule has 1 amide bonds. The Morgan fingerprint density at radius 2 is 1.96 bits per heavy atom. The summed E-state index contributed by atoms with van der Waals surface area (Å²) in [5.41, 5.74) is 5.46. The number of carbonyl (C=O) groups is 1. The van der Waals surface area contributed by atoms with Crippen molar-refractivity contribution >= 4 is 17.9 Å². The normalized spacial score (nSPS) is 20.3. The molecule has 3 heterocycles. The van der Waals surface area contributed by atoms with E-state index in [0.29, 0.717) is 5.95 Å². The van der Waals surface area contributed by atoms with Gasteiger partial charge in [0.2, 0.25) is 5.95 Å². The van der Waals surface area contributed by atoms with Gasteiger partial charge in [0.15, 0.2) is 0 Å². The lowest BCUT2D eigenvalue weighted by Gasteiger charge is -2.53. The summed E-state index contributed by atoms with van der Waals surface area (Å²) in [4.78, 5) is 24.3. The van der Waals surface area contributed by atoms with Crippen LogP contribution >= 0.6 is 0 Å². The number of rotatable bonds is 1. The number of nitrogen functional groups attached to an aromatic ring is 1. The molecule has 1 spiro atoms. The second-order valence-electron chi connectivity index (χ2n) is 7.60. The molecule has 0 aromatic carbocycles. The smallest absolute Gasteiger partial charge is 0.410 e. The number of likely N-dealkylation sites (tertiary alicyclic amines) is 1. The van der Waals surface area contributed by atoms with Crippen molar-refractivity contribution in [2.45, 2.75) is 39.2 Å². The average Bonchev–Trinajstić information content (AvgIpc) is 2.43. The Morgan fingerprint density at radius 3 is 2.52 bits per heavy atom. The highest BCUT2D eigenvalue weighted by Gasteiger charge is 2.47. The number of nitrogens with zero attached hydrogens (tertiary/aromatic N) is 4. The van der Waals surface area contributed by atoms with E-state index in [-0.39, 0.29) is 11.5 Å². The van der Waals surface area contributed by atoms with E-state index < -0.39 is 5.60 Å². The Kier molecular flexibility index (Phi) is 3.82. The summed E-state index contributed by atoms with van der Waals surface area (Å²) in [7, 11) is 0. The van der Waals surface area contributed by atoms with Crippen LogP contribution in [0.5, 0.6) is 0 Å². The van der Waals surface area contributed by atoms with Gasteiger partial charge in [0.25, 0.3) is 0 Å². The van der Waals surface area contributed by atoms with E-state index in [2.05, 4.69) is 14.9 Å². The van der Waals surface area contributed by atoms with Crippen LogP contribution in [0.1, 0.15) is 33.6 Å². The van der Waals surface area contributed by atoms with Crippen LogP contribution in [0.2, 0.25) is 0 Å². The van der Waals surface area contributed by atoms with E-state index in [0.717, 1.165) is 44.8 Å². The molecule has 2 aliphatic heterocycles. The average molecular weight is 319 g/mol. The van der Waals surface area contributed by atoms with E-state index in [1.54, 1.807) is 6.20 Å². The molecule has 3 rings (SSSR count). The molecule has 2 saturated heterocycles. The summed E-state index contributed by atoms with van der Waals surface area (Å²) >= 11 is 0. The third kappa shape index (κ3) is 3.48. The molecular formula is C16H25N5O2. The van der Waals surface area contributed by atoms with Crippen LogP contribution in [0.4, 0.5) is 16.6 Å². The summed E-state index contributed by atoms with van der Waals surface area (Å²) in [5, 5.41) is 0. The van der Waals surface area contributed by atoms with Crippen LogP contribution in [0.3, 0.4) is 0 Å². The number of amides is 1. The van der Waals surface area contributed by atoms with Crippen LogP contribution < -0.4 is 10.6 Å². The van der Waals surface area contributed by atoms with Gasteiger partial charge in [-0.05, 0) is 39.7 Å². The molecule has 0 saturated carbocycles. The molecule has 7 nitrogen and oxygen atoms in total. The Labute approximate surface area is 136 Å². The minimum atomic E-state index is -0.434. The van der Waals surface area contributed by atoms with Crippen molar-refractivity contribution in [3.05, 3.63) is 12.3 Å². The highest BCUT2D eigenvalue weighted by atomic mass is 16.6. The number of piperidine rings is 1. The summed E-state index contributed by atoms with van der Waals surface area (Å²) in [5.74, 6) is 1.19. The van der Waals surface area contributed by atoms with Gasteiger partial charge < -0.3 is 20.3 Å². The zero-order valence-electron chi connectivity index (χ0n) is 14.1. The van der Waals surface area contributed by atoms with Gasteiger partial charge >= 0.3 is 6.09 Å². The first kappa shape index (κ1) is 15.8. The molecule has 0 bridgehead atoms. The lowest BCUT2D eigenvalue weighted by molar-refractivity contribution is -0.0434. The number of ether oxygens (including phenoxy) is 1. The van der Waals surface area contributed by atoms with Crippen molar-refractivity contribution < 1.29 is 9.53 Å². The Hall–Kier alpha value is -2.05. The maximum Gasteiger partial charge on any atom is 0.410 e. The number of carbonyl (C=O) groups excluding carboxylic acids is 1. The fourth-order valence-electron chi connectivity index (χ4n) is 3.29. The molecule has 0 atom stereocenters. The zero-order chi connectivity index (χ0) is 16.7. The number of nitrogens with two attached hydrogens (primary N) is 1. The third-order valence-corrected chi connectivity index (χ3v) is 4.51. The standard InChI is InChI=1S/C16H25N5O2/c1-15(2,3)23-14(22)21-10-16(11-21)5-8-20(9-6-16)12-4-7-18-13(17)19-12/h4,7H,5-6,8-11H2,1-3H3,(H2,17,18,19). The number of anilines is 2. The lowest BCUT2D eigenvalue weighted by atomic mass is 9.72. The molecular weight excluding hydrogens is 294 g/mol. The molecule has 7 heteroatoms. The van der Waals surface area contributed by atoms with Crippen LogP contribution in [0, 0.1) is 5.41 Å². The van der Waals surface area contributed by atoms with Gasteiger partial charge in [0.1, 0.15) is 11.4 Å². The third-order valence-electron chi connectivity index (χ3n) is 4.51. The van der Waals surface area contributed by atoms with Gasteiger partial charge in [-0.1, -0.05) is 0 Å². The van der Waals surface area contributed by atoms with Gasteiger partial charge in [0, 0.05) is 37.8 Å². The molecule has 2 aliphatic rings. The van der Waals surface area contributed by atoms with Crippen LogP contribution in [0.25, 0.3) is 0 Å². The van der Waals surface area contributed by atoms with E-state index in [1.165, 1.54) is 0 Å². The molecule has 1 aromatic rings. The van der Waals surface area contributed by atoms with E-state index in [1.807, 2.05) is 31.7 Å². The van der Waals surface area contributed by atoms with Crippen molar-refractivity contribution in [2.24, 2.45) is 5.41 Å². The Bertz CT molecular complexity index is 582. The molecule has 23 heavy (non-hydrogen) atoms. The Balaban J connectivity index is 1.52. The number of aromatic nitrogens is 2. The summed E-state index contributed by atoms with van der Waals surface area (Å²) < 4.78 is 5.42. The molecule has 0 radical (unpaired) electrons.